The van der Waals surface area contributed by atoms with E-state index in [4.69, 9.17) is 10.8 Å². The Balaban J connectivity index is 1.47. The maximum Gasteiger partial charge on any atom is 0.322 e. The first-order chi connectivity index (χ1) is 20.1. The van der Waals surface area contributed by atoms with E-state index in [0.29, 0.717) is 38.8 Å². The molecule has 0 bridgehead atoms. The molecular weight excluding hydrogens is 542 g/mol. The van der Waals surface area contributed by atoms with Crippen molar-refractivity contribution in [1.29, 1.82) is 0 Å². The fraction of sp³-hybridized carbons (Fsp3) is 0.433. The van der Waals surface area contributed by atoms with Gasteiger partial charge in [0.05, 0.1) is 6.04 Å². The van der Waals surface area contributed by atoms with Crippen LogP contribution in [0.15, 0.2) is 54.6 Å². The van der Waals surface area contributed by atoms with Crippen molar-refractivity contribution < 1.29 is 34.2 Å². The van der Waals surface area contributed by atoms with Gasteiger partial charge in [-0.15, -0.1) is 0 Å². The zero-order valence-corrected chi connectivity index (χ0v) is 23.3. The van der Waals surface area contributed by atoms with Crippen molar-refractivity contribution in [2.75, 3.05) is 19.6 Å². The second-order valence-electron chi connectivity index (χ2n) is 10.7. The molecule has 4 amide bonds. The van der Waals surface area contributed by atoms with Crippen LogP contribution in [0, 0.1) is 0 Å². The Morgan fingerprint density at radius 1 is 0.810 bits per heavy atom. The molecule has 2 fully saturated rings. The normalized spacial score (nSPS) is 19.6. The Bertz CT molecular complexity index is 1290. The highest BCUT2D eigenvalue weighted by molar-refractivity contribution is 5.96. The van der Waals surface area contributed by atoms with E-state index < -0.39 is 54.4 Å². The lowest BCUT2D eigenvalue weighted by Crippen LogP contribution is -2.58. The van der Waals surface area contributed by atoms with E-state index >= 15 is 0 Å². The van der Waals surface area contributed by atoms with E-state index in [2.05, 4.69) is 10.6 Å². The standard InChI is InChI=1S/C30H37N5O7/c31-22(16-20-10-12-21(36)13-11-20)29(41)34-14-5-9-25(34)28(40)33-23(17-19-6-2-1-3-7-19)30(42)35-15-4-8-24(35)27(39)32-18-26(37)38/h1-3,6-7,10-13,22-25,36H,4-5,8-9,14-18,31H2,(H,32,39)(H,33,40)(H,37,38)/t22-,23+,24-,25-/m0/s1. The second-order valence-corrected chi connectivity index (χ2v) is 10.7. The van der Waals surface area contributed by atoms with Crippen LogP contribution in [0.5, 0.6) is 5.75 Å². The summed E-state index contributed by atoms with van der Waals surface area (Å²) in [6, 6.07) is 12.0. The number of carbonyl (C=O) groups excluding carboxylic acids is 4. The number of carboxylic acids is 1. The molecule has 12 heteroatoms. The van der Waals surface area contributed by atoms with Crippen LogP contribution in [0.2, 0.25) is 0 Å². The molecule has 2 saturated heterocycles. The third kappa shape index (κ3) is 7.64. The Morgan fingerprint density at radius 3 is 2.00 bits per heavy atom. The molecule has 0 unspecified atom stereocenters. The first-order valence-electron chi connectivity index (χ1n) is 14.1. The second kappa shape index (κ2) is 13.9. The molecule has 0 radical (unpaired) electrons. The Labute approximate surface area is 243 Å². The average molecular weight is 580 g/mol. The van der Waals surface area contributed by atoms with E-state index in [1.54, 1.807) is 12.1 Å². The monoisotopic (exact) mass is 579 g/mol. The molecule has 2 aliphatic heterocycles. The lowest BCUT2D eigenvalue weighted by Gasteiger charge is -2.31. The number of aliphatic carboxylic acids is 1. The number of nitrogens with two attached hydrogens (primary N) is 1. The summed E-state index contributed by atoms with van der Waals surface area (Å²) in [6.45, 7) is 0.0999. The topological polar surface area (TPSA) is 182 Å². The number of nitrogens with one attached hydrogen (secondary N) is 2. The van der Waals surface area contributed by atoms with Gasteiger partial charge in [0.25, 0.3) is 0 Å². The smallest absolute Gasteiger partial charge is 0.322 e. The number of phenols is 1. The zero-order valence-electron chi connectivity index (χ0n) is 23.3. The van der Waals surface area contributed by atoms with Crippen molar-refractivity contribution in [1.82, 2.24) is 20.4 Å². The van der Waals surface area contributed by atoms with Gasteiger partial charge in [-0.2, -0.15) is 0 Å². The summed E-state index contributed by atoms with van der Waals surface area (Å²) in [4.78, 5) is 67.2. The maximum absolute atomic E-state index is 13.8. The third-order valence-corrected chi connectivity index (χ3v) is 7.70. The van der Waals surface area contributed by atoms with Gasteiger partial charge in [0, 0.05) is 19.5 Å². The Morgan fingerprint density at radius 2 is 1.38 bits per heavy atom. The lowest BCUT2D eigenvalue weighted by molar-refractivity contribution is -0.144. The fourth-order valence-electron chi connectivity index (χ4n) is 5.59. The number of phenolic OH excluding ortho intramolecular Hbond substituents is 1. The van der Waals surface area contributed by atoms with Gasteiger partial charge in [-0.05, 0) is 55.4 Å². The predicted molar refractivity (Wildman–Crippen MR) is 152 cm³/mol. The van der Waals surface area contributed by atoms with E-state index in [9.17, 15) is 29.1 Å². The quantitative estimate of drug-likeness (QED) is 0.250. The number of aromatic hydroxyl groups is 1. The largest absolute Gasteiger partial charge is 0.508 e. The summed E-state index contributed by atoms with van der Waals surface area (Å²) in [5.74, 6) is -2.93. The number of nitrogens with zero attached hydrogens (tertiary/aromatic N) is 2. The molecule has 42 heavy (non-hydrogen) atoms. The molecule has 2 aliphatic rings. The van der Waals surface area contributed by atoms with Crippen molar-refractivity contribution in [3.8, 4) is 5.75 Å². The first-order valence-corrected chi connectivity index (χ1v) is 14.1. The summed E-state index contributed by atoms with van der Waals surface area (Å²) >= 11 is 0. The molecule has 0 aliphatic carbocycles. The highest BCUT2D eigenvalue weighted by Gasteiger charge is 2.41. The minimum Gasteiger partial charge on any atom is -0.508 e. The van der Waals surface area contributed by atoms with Crippen LogP contribution in [-0.2, 0) is 36.8 Å². The maximum atomic E-state index is 13.8. The van der Waals surface area contributed by atoms with Gasteiger partial charge in [-0.1, -0.05) is 42.5 Å². The van der Waals surface area contributed by atoms with Gasteiger partial charge in [-0.3, -0.25) is 24.0 Å². The molecule has 4 rings (SSSR count). The minimum atomic E-state index is -1.19. The van der Waals surface area contributed by atoms with Crippen LogP contribution < -0.4 is 16.4 Å². The highest BCUT2D eigenvalue weighted by atomic mass is 16.4. The summed E-state index contributed by atoms with van der Waals surface area (Å²) < 4.78 is 0. The molecule has 0 spiro atoms. The SMILES string of the molecule is N[C@@H](Cc1ccc(O)cc1)C(=O)N1CCC[C@H]1C(=O)N[C@H](Cc1ccccc1)C(=O)N1CCC[C@H]1C(=O)NCC(=O)O. The molecule has 2 aromatic rings. The number of benzene rings is 2. The summed E-state index contributed by atoms with van der Waals surface area (Å²) in [5, 5.41) is 23.6. The van der Waals surface area contributed by atoms with Crippen LogP contribution in [-0.4, -0.2) is 93.4 Å². The zero-order chi connectivity index (χ0) is 30.2. The molecule has 4 atom stereocenters. The number of likely N-dealkylation sites (tertiary alicyclic amines) is 2. The van der Waals surface area contributed by atoms with Crippen molar-refractivity contribution in [3.05, 3.63) is 65.7 Å². The fourth-order valence-corrected chi connectivity index (χ4v) is 5.59. The van der Waals surface area contributed by atoms with Gasteiger partial charge in [0.1, 0.15) is 30.4 Å². The van der Waals surface area contributed by atoms with Crippen molar-refractivity contribution in [3.63, 3.8) is 0 Å². The summed E-state index contributed by atoms with van der Waals surface area (Å²) in [7, 11) is 0. The van der Waals surface area contributed by atoms with Crippen LogP contribution in [0.25, 0.3) is 0 Å². The number of amides is 4. The number of carbonyl (C=O) groups is 5. The summed E-state index contributed by atoms with van der Waals surface area (Å²) in [5.41, 5.74) is 7.81. The first kappa shape index (κ1) is 30.5. The van der Waals surface area contributed by atoms with E-state index in [-0.39, 0.29) is 24.5 Å². The van der Waals surface area contributed by atoms with E-state index in [1.165, 1.54) is 21.9 Å². The Hall–Kier alpha value is -4.45. The van der Waals surface area contributed by atoms with Crippen molar-refractivity contribution >= 4 is 29.6 Å². The van der Waals surface area contributed by atoms with Gasteiger partial charge in [-0.25, -0.2) is 0 Å². The molecule has 2 heterocycles. The molecule has 0 aromatic heterocycles. The predicted octanol–water partition coefficient (Wildman–Crippen LogP) is 0.172. The van der Waals surface area contributed by atoms with E-state index in [0.717, 1.165) is 11.1 Å². The van der Waals surface area contributed by atoms with Crippen LogP contribution in [0.3, 0.4) is 0 Å². The molecule has 224 valence electrons. The minimum absolute atomic E-state index is 0.107. The summed E-state index contributed by atoms with van der Waals surface area (Å²) in [6.07, 6.45) is 2.37. The number of hydrogen-bond acceptors (Lipinski definition) is 7. The van der Waals surface area contributed by atoms with Gasteiger partial charge < -0.3 is 36.4 Å². The number of carboxylic acid groups (broad SMARTS) is 1. The number of hydrogen-bond donors (Lipinski definition) is 5. The average Bonchev–Trinajstić information content (AvgIpc) is 3.67. The van der Waals surface area contributed by atoms with Crippen LogP contribution in [0.4, 0.5) is 0 Å². The van der Waals surface area contributed by atoms with Crippen molar-refractivity contribution in [2.24, 2.45) is 5.73 Å². The molecular formula is C30H37N5O7. The lowest BCUT2D eigenvalue weighted by atomic mass is 10.0. The van der Waals surface area contributed by atoms with Gasteiger partial charge in [0.15, 0.2) is 0 Å². The van der Waals surface area contributed by atoms with Crippen molar-refractivity contribution in [2.45, 2.75) is 62.7 Å². The van der Waals surface area contributed by atoms with Crippen LogP contribution in [0.1, 0.15) is 36.8 Å². The molecule has 6 N–H and O–H groups in total. The number of rotatable bonds is 11. The highest BCUT2D eigenvalue weighted by Crippen LogP contribution is 2.22. The Kier molecular flexibility index (Phi) is 10.1. The third-order valence-electron chi connectivity index (χ3n) is 7.70. The van der Waals surface area contributed by atoms with E-state index in [1.807, 2.05) is 30.3 Å². The molecule has 2 aromatic carbocycles. The van der Waals surface area contributed by atoms with Gasteiger partial charge >= 0.3 is 5.97 Å². The molecule has 0 saturated carbocycles. The van der Waals surface area contributed by atoms with Gasteiger partial charge in [0.2, 0.25) is 23.6 Å². The van der Waals surface area contributed by atoms with Crippen LogP contribution >= 0.6 is 0 Å². The molecule has 12 nitrogen and oxygen atoms in total.